The number of hydrogen-bond acceptors (Lipinski definition) is 3. The van der Waals surface area contributed by atoms with Crippen molar-refractivity contribution in [2.75, 3.05) is 11.1 Å². The van der Waals surface area contributed by atoms with E-state index in [0.717, 1.165) is 12.1 Å². The average Bonchev–Trinajstić information content (AvgIpc) is 2.40. The van der Waals surface area contributed by atoms with Crippen LogP contribution in [0.4, 0.5) is 24.7 Å². The molecule has 0 unspecified atom stereocenters. The predicted molar refractivity (Wildman–Crippen MR) is 73.1 cm³/mol. The number of amides is 1. The second kappa shape index (κ2) is 5.61. The molecule has 0 bridgehead atoms. The summed E-state index contributed by atoms with van der Waals surface area (Å²) in [5, 5.41) is 2.11. The topological polar surface area (TPSA) is 68.0 Å². The highest BCUT2D eigenvalue weighted by atomic mass is 35.5. The quantitative estimate of drug-likeness (QED) is 0.890. The van der Waals surface area contributed by atoms with E-state index in [2.05, 4.69) is 10.3 Å². The molecule has 0 atom stereocenters. The van der Waals surface area contributed by atoms with Crippen molar-refractivity contribution in [3.05, 3.63) is 52.7 Å². The van der Waals surface area contributed by atoms with Crippen LogP contribution in [-0.2, 0) is 6.18 Å². The van der Waals surface area contributed by atoms with E-state index in [0.29, 0.717) is 0 Å². The van der Waals surface area contributed by atoms with E-state index in [1.165, 1.54) is 24.4 Å². The summed E-state index contributed by atoms with van der Waals surface area (Å²) in [6, 6.07) is 5.84. The molecule has 0 aliphatic heterocycles. The number of nitrogens with one attached hydrogen (secondary N) is 1. The molecule has 1 aromatic carbocycles. The first kappa shape index (κ1) is 15.1. The van der Waals surface area contributed by atoms with Gasteiger partial charge >= 0.3 is 6.18 Å². The van der Waals surface area contributed by atoms with E-state index in [1.807, 2.05) is 0 Å². The van der Waals surface area contributed by atoms with Gasteiger partial charge in [0.15, 0.2) is 0 Å². The minimum atomic E-state index is -4.63. The monoisotopic (exact) mass is 315 g/mol. The standard InChI is InChI=1S/C13H9ClF3N3O/c14-8-2-3-10(9(5-8)13(15,16)17)20-12(21)7-1-4-11(18)19-6-7/h1-6H,(H2,18,19)(H,20,21). The molecule has 3 N–H and O–H groups in total. The number of nitrogen functional groups attached to an aromatic ring is 1. The Kier molecular flexibility index (Phi) is 4.04. The van der Waals surface area contributed by atoms with Gasteiger partial charge in [0.05, 0.1) is 16.8 Å². The van der Waals surface area contributed by atoms with Gasteiger partial charge in [-0.1, -0.05) is 11.6 Å². The van der Waals surface area contributed by atoms with Crippen molar-refractivity contribution in [3.63, 3.8) is 0 Å². The molecule has 0 spiro atoms. The smallest absolute Gasteiger partial charge is 0.384 e. The molecule has 0 aliphatic rings. The number of anilines is 2. The maximum Gasteiger partial charge on any atom is 0.418 e. The molecule has 4 nitrogen and oxygen atoms in total. The number of halogens is 4. The van der Waals surface area contributed by atoms with Gasteiger partial charge in [0.2, 0.25) is 0 Å². The molecule has 2 rings (SSSR count). The highest BCUT2D eigenvalue weighted by Crippen LogP contribution is 2.36. The third kappa shape index (κ3) is 3.63. The van der Waals surface area contributed by atoms with Crippen LogP contribution in [0.2, 0.25) is 5.02 Å². The number of rotatable bonds is 2. The third-order valence-corrected chi connectivity index (χ3v) is 2.82. The maximum atomic E-state index is 12.9. The van der Waals surface area contributed by atoms with Gasteiger partial charge in [0.25, 0.3) is 5.91 Å². The number of nitrogens with zero attached hydrogens (tertiary/aromatic N) is 1. The number of pyridine rings is 1. The summed E-state index contributed by atoms with van der Waals surface area (Å²) in [7, 11) is 0. The van der Waals surface area contributed by atoms with Gasteiger partial charge in [-0.3, -0.25) is 4.79 Å². The number of aromatic nitrogens is 1. The molecule has 0 radical (unpaired) electrons. The van der Waals surface area contributed by atoms with Crippen molar-refractivity contribution in [3.8, 4) is 0 Å². The fourth-order valence-corrected chi connectivity index (χ4v) is 1.77. The molecule has 0 fully saturated rings. The van der Waals surface area contributed by atoms with E-state index in [4.69, 9.17) is 17.3 Å². The van der Waals surface area contributed by atoms with Gasteiger partial charge in [-0.15, -0.1) is 0 Å². The summed E-state index contributed by atoms with van der Waals surface area (Å²) in [4.78, 5) is 15.6. The molecule has 21 heavy (non-hydrogen) atoms. The molecule has 110 valence electrons. The highest BCUT2D eigenvalue weighted by Gasteiger charge is 2.34. The minimum absolute atomic E-state index is 0.0746. The Labute approximate surface area is 122 Å². The molecule has 8 heteroatoms. The van der Waals surface area contributed by atoms with Crippen molar-refractivity contribution in [2.24, 2.45) is 0 Å². The lowest BCUT2D eigenvalue weighted by Gasteiger charge is -2.14. The molecule has 0 saturated heterocycles. The second-order valence-corrected chi connectivity index (χ2v) is 4.55. The van der Waals surface area contributed by atoms with Crippen molar-refractivity contribution in [2.45, 2.75) is 6.18 Å². The molecular formula is C13H9ClF3N3O. The van der Waals surface area contributed by atoms with Crippen LogP contribution in [0.15, 0.2) is 36.5 Å². The van der Waals surface area contributed by atoms with Gasteiger partial charge in [-0.05, 0) is 30.3 Å². The van der Waals surface area contributed by atoms with Crippen molar-refractivity contribution in [1.29, 1.82) is 0 Å². The van der Waals surface area contributed by atoms with Crippen LogP contribution in [0, 0.1) is 0 Å². The van der Waals surface area contributed by atoms with Crippen molar-refractivity contribution >= 4 is 29.0 Å². The van der Waals surface area contributed by atoms with Gasteiger partial charge < -0.3 is 11.1 Å². The Morgan fingerprint density at radius 3 is 2.52 bits per heavy atom. The largest absolute Gasteiger partial charge is 0.418 e. The van der Waals surface area contributed by atoms with Crippen LogP contribution >= 0.6 is 11.6 Å². The Morgan fingerprint density at radius 2 is 1.95 bits per heavy atom. The summed E-state index contributed by atoms with van der Waals surface area (Å²) >= 11 is 5.56. The zero-order valence-corrected chi connectivity index (χ0v) is 11.2. The lowest BCUT2D eigenvalue weighted by Crippen LogP contribution is -2.17. The molecule has 0 aliphatic carbocycles. The first-order valence-corrected chi connectivity index (χ1v) is 6.05. The summed E-state index contributed by atoms with van der Waals surface area (Å²) in [5.41, 5.74) is 4.06. The lowest BCUT2D eigenvalue weighted by atomic mass is 10.1. The van der Waals surface area contributed by atoms with E-state index in [-0.39, 0.29) is 22.1 Å². The Hall–Kier alpha value is -2.28. The third-order valence-electron chi connectivity index (χ3n) is 2.58. The summed E-state index contributed by atoms with van der Waals surface area (Å²) in [6.45, 7) is 0. The zero-order valence-electron chi connectivity index (χ0n) is 10.4. The van der Waals surface area contributed by atoms with Crippen LogP contribution in [0.3, 0.4) is 0 Å². The predicted octanol–water partition coefficient (Wildman–Crippen LogP) is 3.59. The van der Waals surface area contributed by atoms with E-state index < -0.39 is 17.6 Å². The van der Waals surface area contributed by atoms with Crippen molar-refractivity contribution in [1.82, 2.24) is 4.98 Å². The normalized spacial score (nSPS) is 11.2. The Bertz CT molecular complexity index is 671. The molecule has 0 saturated carbocycles. The average molecular weight is 316 g/mol. The van der Waals surface area contributed by atoms with E-state index >= 15 is 0 Å². The number of nitrogens with two attached hydrogens (primary N) is 1. The fraction of sp³-hybridized carbons (Fsp3) is 0.0769. The minimum Gasteiger partial charge on any atom is -0.384 e. The van der Waals surface area contributed by atoms with Gasteiger partial charge in [0.1, 0.15) is 5.82 Å². The van der Waals surface area contributed by atoms with Gasteiger partial charge in [-0.2, -0.15) is 13.2 Å². The molecule has 1 amide bonds. The highest BCUT2D eigenvalue weighted by molar-refractivity contribution is 6.30. The Balaban J connectivity index is 2.31. The van der Waals surface area contributed by atoms with Crippen LogP contribution < -0.4 is 11.1 Å². The summed E-state index contributed by atoms with van der Waals surface area (Å²) < 4.78 is 38.7. The summed E-state index contributed by atoms with van der Waals surface area (Å²) in [5.74, 6) is -0.524. The second-order valence-electron chi connectivity index (χ2n) is 4.11. The van der Waals surface area contributed by atoms with Crippen LogP contribution in [0.25, 0.3) is 0 Å². The number of hydrogen-bond donors (Lipinski definition) is 2. The molecule has 2 aromatic rings. The molecular weight excluding hydrogens is 307 g/mol. The number of carbonyl (C=O) groups excluding carboxylic acids is 1. The number of carbonyl (C=O) groups is 1. The van der Waals surface area contributed by atoms with E-state index in [1.54, 1.807) is 0 Å². The van der Waals surface area contributed by atoms with Crippen LogP contribution in [-0.4, -0.2) is 10.9 Å². The molecule has 1 aromatic heterocycles. The zero-order chi connectivity index (χ0) is 15.6. The van der Waals surface area contributed by atoms with Crippen LogP contribution in [0.5, 0.6) is 0 Å². The fourth-order valence-electron chi connectivity index (χ4n) is 1.59. The van der Waals surface area contributed by atoms with Crippen molar-refractivity contribution < 1.29 is 18.0 Å². The maximum absolute atomic E-state index is 12.9. The lowest BCUT2D eigenvalue weighted by molar-refractivity contribution is -0.136. The SMILES string of the molecule is Nc1ccc(C(=O)Nc2ccc(Cl)cc2C(F)(F)F)cn1. The Morgan fingerprint density at radius 1 is 1.24 bits per heavy atom. The van der Waals surface area contributed by atoms with Gasteiger partial charge in [0, 0.05) is 11.2 Å². The summed E-state index contributed by atoms with van der Waals surface area (Å²) in [6.07, 6.45) is -3.46. The number of benzene rings is 1. The first-order valence-electron chi connectivity index (χ1n) is 5.67. The first-order chi connectivity index (χ1) is 9.77. The number of alkyl halides is 3. The van der Waals surface area contributed by atoms with Crippen LogP contribution in [0.1, 0.15) is 15.9 Å². The molecule has 1 heterocycles. The van der Waals surface area contributed by atoms with Gasteiger partial charge in [-0.25, -0.2) is 4.98 Å². The van der Waals surface area contributed by atoms with E-state index in [9.17, 15) is 18.0 Å².